The topological polar surface area (TPSA) is 54.0 Å². The lowest BCUT2D eigenvalue weighted by Crippen LogP contribution is -2.32. The Hall–Kier alpha value is -1.65. The predicted octanol–water partition coefficient (Wildman–Crippen LogP) is 2.82. The van der Waals surface area contributed by atoms with Gasteiger partial charge >= 0.3 is 0 Å². The number of amides is 1. The third-order valence-corrected chi connectivity index (χ3v) is 4.89. The average Bonchev–Trinajstić information content (AvgIpc) is 3.10. The molecule has 114 valence electrons. The average molecular weight is 291 g/mol. The lowest BCUT2D eigenvalue weighted by Gasteiger charge is -2.21. The Labute approximate surface area is 124 Å². The van der Waals surface area contributed by atoms with Crippen LogP contribution in [0.2, 0.25) is 0 Å². The summed E-state index contributed by atoms with van der Waals surface area (Å²) >= 11 is 0. The van der Waals surface area contributed by atoms with Crippen LogP contribution in [-0.4, -0.2) is 24.0 Å². The van der Waals surface area contributed by atoms with Crippen LogP contribution < -0.4 is 10.6 Å². The number of rotatable bonds is 5. The largest absolute Gasteiger partial charge is 0.368 e. The van der Waals surface area contributed by atoms with Crippen LogP contribution in [-0.2, 0) is 0 Å². The van der Waals surface area contributed by atoms with Crippen LogP contribution in [0.15, 0.2) is 12.3 Å². The molecule has 2 saturated carbocycles. The molecule has 1 heterocycles. The third-order valence-electron chi connectivity index (χ3n) is 4.89. The molecular formula is C16H22FN3O. The molecule has 3 rings (SSSR count). The van der Waals surface area contributed by atoms with Crippen LogP contribution in [0, 0.1) is 23.6 Å². The molecule has 2 aliphatic rings. The van der Waals surface area contributed by atoms with Crippen molar-refractivity contribution in [1.82, 2.24) is 10.3 Å². The van der Waals surface area contributed by atoms with E-state index in [1.165, 1.54) is 37.9 Å². The van der Waals surface area contributed by atoms with E-state index in [0.717, 1.165) is 11.8 Å². The zero-order chi connectivity index (χ0) is 14.8. The van der Waals surface area contributed by atoms with Crippen molar-refractivity contribution in [2.45, 2.75) is 32.6 Å². The molecule has 3 atom stereocenters. The van der Waals surface area contributed by atoms with Crippen LogP contribution in [0.5, 0.6) is 0 Å². The van der Waals surface area contributed by atoms with E-state index >= 15 is 0 Å². The van der Waals surface area contributed by atoms with Crippen molar-refractivity contribution in [1.29, 1.82) is 0 Å². The molecular weight excluding hydrogens is 269 g/mol. The Bertz CT molecular complexity index is 534. The Kier molecular flexibility index (Phi) is 4.08. The van der Waals surface area contributed by atoms with Gasteiger partial charge in [-0.15, -0.1) is 0 Å². The van der Waals surface area contributed by atoms with Crippen molar-refractivity contribution in [2.24, 2.45) is 17.8 Å². The molecule has 0 spiro atoms. The van der Waals surface area contributed by atoms with Gasteiger partial charge < -0.3 is 10.6 Å². The summed E-state index contributed by atoms with van der Waals surface area (Å²) in [5.74, 6) is 1.43. The van der Waals surface area contributed by atoms with Crippen LogP contribution in [0.1, 0.15) is 43.0 Å². The first-order valence-corrected chi connectivity index (χ1v) is 7.85. The van der Waals surface area contributed by atoms with Gasteiger partial charge in [-0.25, -0.2) is 9.37 Å². The minimum Gasteiger partial charge on any atom is -0.368 e. The number of anilines is 1. The Morgan fingerprint density at radius 1 is 1.43 bits per heavy atom. The van der Waals surface area contributed by atoms with Crippen LogP contribution in [0.3, 0.4) is 0 Å². The molecule has 1 aromatic rings. The minimum absolute atomic E-state index is 0.0732. The van der Waals surface area contributed by atoms with E-state index in [0.29, 0.717) is 19.0 Å². The van der Waals surface area contributed by atoms with E-state index in [1.54, 1.807) is 0 Å². The standard InChI is InChI=1S/C16H22FN3O/c1-2-18-15-14(17)13(5-6-19-15)16(21)20-9-12-8-10-3-4-11(12)7-10/h5-6,10-12H,2-4,7-9H2,1H3,(H,18,19)(H,20,21). The Balaban J connectivity index is 1.61. The minimum atomic E-state index is -0.565. The molecule has 1 amide bonds. The fourth-order valence-corrected chi connectivity index (χ4v) is 3.86. The van der Waals surface area contributed by atoms with Gasteiger partial charge in [0.25, 0.3) is 5.91 Å². The maximum atomic E-state index is 14.2. The maximum absolute atomic E-state index is 14.2. The summed E-state index contributed by atoms with van der Waals surface area (Å²) in [6.07, 6.45) is 6.63. The quantitative estimate of drug-likeness (QED) is 0.877. The summed E-state index contributed by atoms with van der Waals surface area (Å²) in [5, 5.41) is 5.73. The molecule has 3 unspecified atom stereocenters. The number of nitrogens with one attached hydrogen (secondary N) is 2. The lowest BCUT2D eigenvalue weighted by molar-refractivity contribution is 0.0937. The molecule has 2 fully saturated rings. The first kappa shape index (κ1) is 14.3. The Morgan fingerprint density at radius 2 is 2.29 bits per heavy atom. The summed E-state index contributed by atoms with van der Waals surface area (Å²) < 4.78 is 14.2. The highest BCUT2D eigenvalue weighted by molar-refractivity contribution is 5.95. The van der Waals surface area contributed by atoms with Gasteiger partial charge in [0.05, 0.1) is 5.56 Å². The predicted molar refractivity (Wildman–Crippen MR) is 79.6 cm³/mol. The number of halogens is 1. The molecule has 21 heavy (non-hydrogen) atoms. The van der Waals surface area contributed by atoms with Crippen molar-refractivity contribution < 1.29 is 9.18 Å². The van der Waals surface area contributed by atoms with Gasteiger partial charge in [-0.1, -0.05) is 6.42 Å². The fourth-order valence-electron chi connectivity index (χ4n) is 3.86. The molecule has 2 N–H and O–H groups in total. The van der Waals surface area contributed by atoms with Crippen molar-refractivity contribution in [3.63, 3.8) is 0 Å². The number of carbonyl (C=O) groups is 1. The van der Waals surface area contributed by atoms with E-state index in [1.807, 2.05) is 6.92 Å². The Morgan fingerprint density at radius 3 is 2.95 bits per heavy atom. The zero-order valence-electron chi connectivity index (χ0n) is 12.4. The molecule has 0 aliphatic heterocycles. The molecule has 1 aromatic heterocycles. The van der Waals surface area contributed by atoms with Crippen LogP contribution >= 0.6 is 0 Å². The normalized spacial score (nSPS) is 26.9. The number of carbonyl (C=O) groups excluding carboxylic acids is 1. The van der Waals surface area contributed by atoms with Gasteiger partial charge in [0.2, 0.25) is 0 Å². The lowest BCUT2D eigenvalue weighted by atomic mass is 9.89. The van der Waals surface area contributed by atoms with Gasteiger partial charge in [0.15, 0.2) is 11.6 Å². The van der Waals surface area contributed by atoms with Gasteiger partial charge in [-0.2, -0.15) is 0 Å². The third kappa shape index (κ3) is 2.87. The number of aromatic nitrogens is 1. The van der Waals surface area contributed by atoms with E-state index in [-0.39, 0.29) is 17.3 Å². The first-order valence-electron chi connectivity index (χ1n) is 7.85. The molecule has 0 aromatic carbocycles. The first-order chi connectivity index (χ1) is 10.2. The summed E-state index contributed by atoms with van der Waals surface area (Å²) in [7, 11) is 0. The second-order valence-electron chi connectivity index (χ2n) is 6.20. The molecule has 4 nitrogen and oxygen atoms in total. The van der Waals surface area contributed by atoms with Gasteiger partial charge in [-0.05, 0) is 50.0 Å². The van der Waals surface area contributed by atoms with Crippen molar-refractivity contribution in [2.75, 3.05) is 18.4 Å². The monoisotopic (exact) mass is 291 g/mol. The second kappa shape index (κ2) is 6.00. The van der Waals surface area contributed by atoms with Crippen molar-refractivity contribution >= 4 is 11.7 Å². The number of hydrogen-bond donors (Lipinski definition) is 2. The van der Waals surface area contributed by atoms with Crippen molar-refractivity contribution in [3.8, 4) is 0 Å². The molecule has 0 saturated heterocycles. The van der Waals surface area contributed by atoms with E-state index in [9.17, 15) is 9.18 Å². The van der Waals surface area contributed by atoms with E-state index < -0.39 is 5.82 Å². The fraction of sp³-hybridized carbons (Fsp3) is 0.625. The summed E-state index contributed by atoms with van der Waals surface area (Å²) in [6, 6.07) is 1.44. The maximum Gasteiger partial charge on any atom is 0.254 e. The van der Waals surface area contributed by atoms with Gasteiger partial charge in [0, 0.05) is 19.3 Å². The van der Waals surface area contributed by atoms with Crippen LogP contribution in [0.4, 0.5) is 10.2 Å². The van der Waals surface area contributed by atoms with Crippen LogP contribution in [0.25, 0.3) is 0 Å². The molecule has 2 aliphatic carbocycles. The van der Waals surface area contributed by atoms with Gasteiger partial charge in [-0.3, -0.25) is 4.79 Å². The highest BCUT2D eigenvalue weighted by Crippen LogP contribution is 2.47. The second-order valence-corrected chi connectivity index (χ2v) is 6.20. The zero-order valence-corrected chi connectivity index (χ0v) is 12.4. The molecule has 2 bridgehead atoms. The molecule has 0 radical (unpaired) electrons. The highest BCUT2D eigenvalue weighted by atomic mass is 19.1. The number of hydrogen-bond acceptors (Lipinski definition) is 3. The summed E-state index contributed by atoms with van der Waals surface area (Å²) in [6.45, 7) is 3.10. The van der Waals surface area contributed by atoms with Crippen molar-refractivity contribution in [3.05, 3.63) is 23.6 Å². The number of pyridine rings is 1. The summed E-state index contributed by atoms with van der Waals surface area (Å²) in [5.41, 5.74) is 0.0732. The SMILES string of the molecule is CCNc1nccc(C(=O)NCC2CC3CCC2C3)c1F. The number of fused-ring (bicyclic) bond motifs is 2. The summed E-state index contributed by atoms with van der Waals surface area (Å²) in [4.78, 5) is 16.1. The van der Waals surface area contributed by atoms with E-state index in [4.69, 9.17) is 0 Å². The van der Waals surface area contributed by atoms with Gasteiger partial charge in [0.1, 0.15) is 0 Å². The molecule has 5 heteroatoms. The number of nitrogens with zero attached hydrogens (tertiary/aromatic N) is 1. The van der Waals surface area contributed by atoms with E-state index in [2.05, 4.69) is 15.6 Å². The smallest absolute Gasteiger partial charge is 0.254 e. The highest BCUT2D eigenvalue weighted by Gasteiger charge is 2.39.